The molecule has 0 amide bonds. The Morgan fingerprint density at radius 3 is 2.56 bits per heavy atom. The van der Waals surface area contributed by atoms with Gasteiger partial charge in [0.15, 0.2) is 0 Å². The normalized spacial score (nSPS) is 12.4. The first kappa shape index (κ1) is 10.7. The summed E-state index contributed by atoms with van der Waals surface area (Å²) in [5.41, 5.74) is 1.38. The lowest BCUT2D eigenvalue weighted by molar-refractivity contribution is 0.173. The summed E-state index contributed by atoms with van der Waals surface area (Å²) < 4.78 is 12.7. The predicted molar refractivity (Wildman–Crippen MR) is 57.1 cm³/mol. The summed E-state index contributed by atoms with van der Waals surface area (Å²) in [7, 11) is 0. The van der Waals surface area contributed by atoms with Crippen LogP contribution in [-0.4, -0.2) is 15.1 Å². The molecule has 0 saturated carbocycles. The van der Waals surface area contributed by atoms with E-state index in [1.807, 2.05) is 0 Å². The Morgan fingerprint density at radius 2 is 1.94 bits per heavy atom. The quantitative estimate of drug-likeness (QED) is 0.855. The van der Waals surface area contributed by atoms with E-state index in [2.05, 4.69) is 9.97 Å². The first-order valence-electron chi connectivity index (χ1n) is 4.94. The highest BCUT2D eigenvalue weighted by atomic mass is 19.1. The fourth-order valence-electron chi connectivity index (χ4n) is 1.43. The van der Waals surface area contributed by atoms with Crippen molar-refractivity contribution in [2.45, 2.75) is 12.5 Å². The molecule has 1 unspecified atom stereocenters. The Labute approximate surface area is 92.6 Å². The van der Waals surface area contributed by atoms with Crippen molar-refractivity contribution in [1.29, 1.82) is 0 Å². The van der Waals surface area contributed by atoms with Crippen LogP contribution < -0.4 is 0 Å². The molecule has 2 aromatic rings. The highest BCUT2D eigenvalue weighted by molar-refractivity contribution is 5.18. The van der Waals surface area contributed by atoms with Crippen LogP contribution in [0, 0.1) is 5.82 Å². The number of rotatable bonds is 3. The monoisotopic (exact) mass is 218 g/mol. The van der Waals surface area contributed by atoms with Crippen LogP contribution in [0.5, 0.6) is 0 Å². The summed E-state index contributed by atoms with van der Waals surface area (Å²) in [5.74, 6) is -0.280. The molecule has 0 saturated heterocycles. The molecule has 1 N–H and O–H groups in total. The minimum Gasteiger partial charge on any atom is -0.386 e. The lowest BCUT2D eigenvalue weighted by atomic mass is 10.1. The van der Waals surface area contributed by atoms with Gasteiger partial charge in [-0.25, -0.2) is 4.39 Å². The van der Waals surface area contributed by atoms with E-state index in [-0.39, 0.29) is 5.82 Å². The van der Waals surface area contributed by atoms with Gasteiger partial charge in [-0.2, -0.15) is 0 Å². The maximum absolute atomic E-state index is 12.7. The summed E-state index contributed by atoms with van der Waals surface area (Å²) in [6.45, 7) is 0. The van der Waals surface area contributed by atoms with Crippen LogP contribution in [0.1, 0.15) is 17.4 Å². The van der Waals surface area contributed by atoms with E-state index in [0.29, 0.717) is 12.1 Å². The minimum absolute atomic E-state index is 0.280. The average molecular weight is 218 g/mol. The summed E-state index contributed by atoms with van der Waals surface area (Å²) >= 11 is 0. The summed E-state index contributed by atoms with van der Waals surface area (Å²) in [5, 5.41) is 9.85. The molecule has 0 radical (unpaired) electrons. The number of benzene rings is 1. The molecule has 0 bridgehead atoms. The highest BCUT2D eigenvalue weighted by Crippen LogP contribution is 2.15. The highest BCUT2D eigenvalue weighted by Gasteiger charge is 2.09. The van der Waals surface area contributed by atoms with Gasteiger partial charge < -0.3 is 5.11 Å². The van der Waals surface area contributed by atoms with Crippen LogP contribution in [-0.2, 0) is 6.42 Å². The Kier molecular flexibility index (Phi) is 3.22. The van der Waals surface area contributed by atoms with Gasteiger partial charge in [-0.3, -0.25) is 9.97 Å². The van der Waals surface area contributed by atoms with Crippen molar-refractivity contribution in [3.05, 3.63) is 59.9 Å². The van der Waals surface area contributed by atoms with Crippen LogP contribution in [0.4, 0.5) is 4.39 Å². The molecular weight excluding hydrogens is 207 g/mol. The Morgan fingerprint density at radius 1 is 1.19 bits per heavy atom. The van der Waals surface area contributed by atoms with Crippen LogP contribution in [0.2, 0.25) is 0 Å². The zero-order valence-electron chi connectivity index (χ0n) is 8.55. The smallest absolute Gasteiger partial charge is 0.123 e. The molecule has 2 rings (SSSR count). The van der Waals surface area contributed by atoms with Crippen molar-refractivity contribution in [2.24, 2.45) is 0 Å². The van der Waals surface area contributed by atoms with E-state index >= 15 is 0 Å². The summed E-state index contributed by atoms with van der Waals surface area (Å²) in [4.78, 5) is 7.88. The van der Waals surface area contributed by atoms with Crippen LogP contribution >= 0.6 is 0 Å². The largest absolute Gasteiger partial charge is 0.386 e. The molecule has 3 nitrogen and oxygen atoms in total. The van der Waals surface area contributed by atoms with Gasteiger partial charge in [0.25, 0.3) is 0 Å². The number of halogens is 1. The standard InChI is InChI=1S/C12H11FN2O/c13-10-3-1-9(2-4-10)7-12(16)11-8-14-5-6-15-11/h1-6,8,12,16H,7H2. The zero-order valence-corrected chi connectivity index (χ0v) is 8.55. The van der Waals surface area contributed by atoms with Gasteiger partial charge in [0.1, 0.15) is 11.9 Å². The first-order valence-corrected chi connectivity index (χ1v) is 4.94. The molecule has 0 aliphatic heterocycles. The van der Waals surface area contributed by atoms with Crippen LogP contribution in [0.3, 0.4) is 0 Å². The van der Waals surface area contributed by atoms with Gasteiger partial charge in [0.2, 0.25) is 0 Å². The van der Waals surface area contributed by atoms with E-state index < -0.39 is 6.10 Å². The molecular formula is C12H11FN2O. The Balaban J connectivity index is 2.08. The van der Waals surface area contributed by atoms with Crippen LogP contribution in [0.15, 0.2) is 42.9 Å². The molecule has 82 valence electrons. The fraction of sp³-hybridized carbons (Fsp3) is 0.167. The van der Waals surface area contributed by atoms with E-state index in [1.165, 1.54) is 24.5 Å². The topological polar surface area (TPSA) is 46.0 Å². The zero-order chi connectivity index (χ0) is 11.4. The molecule has 0 aliphatic carbocycles. The van der Waals surface area contributed by atoms with Crippen LogP contribution in [0.25, 0.3) is 0 Å². The van der Waals surface area contributed by atoms with Crippen molar-refractivity contribution in [3.8, 4) is 0 Å². The molecule has 0 aliphatic rings. The van der Waals surface area contributed by atoms with E-state index in [9.17, 15) is 9.50 Å². The third-order valence-corrected chi connectivity index (χ3v) is 2.27. The molecule has 1 aromatic heterocycles. The number of aromatic nitrogens is 2. The number of aliphatic hydroxyl groups is 1. The molecule has 1 aromatic carbocycles. The summed E-state index contributed by atoms with van der Waals surface area (Å²) in [6.07, 6.45) is 4.30. The maximum atomic E-state index is 12.7. The Bertz CT molecular complexity index is 444. The molecule has 1 atom stereocenters. The van der Waals surface area contributed by atoms with Crippen molar-refractivity contribution in [2.75, 3.05) is 0 Å². The van der Waals surface area contributed by atoms with E-state index in [4.69, 9.17) is 0 Å². The van der Waals surface area contributed by atoms with E-state index in [0.717, 1.165) is 5.56 Å². The number of hydrogen-bond donors (Lipinski definition) is 1. The Hall–Kier alpha value is -1.81. The second-order valence-electron chi connectivity index (χ2n) is 3.48. The lowest BCUT2D eigenvalue weighted by Gasteiger charge is -2.09. The lowest BCUT2D eigenvalue weighted by Crippen LogP contribution is -2.04. The van der Waals surface area contributed by atoms with Crippen molar-refractivity contribution < 1.29 is 9.50 Å². The first-order chi connectivity index (χ1) is 7.75. The second-order valence-corrected chi connectivity index (χ2v) is 3.48. The second kappa shape index (κ2) is 4.81. The molecule has 4 heteroatoms. The fourth-order valence-corrected chi connectivity index (χ4v) is 1.43. The average Bonchev–Trinajstić information content (AvgIpc) is 2.33. The molecule has 0 fully saturated rings. The third-order valence-electron chi connectivity index (χ3n) is 2.27. The van der Waals surface area contributed by atoms with Gasteiger partial charge >= 0.3 is 0 Å². The van der Waals surface area contributed by atoms with E-state index in [1.54, 1.807) is 18.3 Å². The maximum Gasteiger partial charge on any atom is 0.123 e. The van der Waals surface area contributed by atoms with Crippen molar-refractivity contribution >= 4 is 0 Å². The van der Waals surface area contributed by atoms with Gasteiger partial charge in [0, 0.05) is 18.8 Å². The third kappa shape index (κ3) is 2.61. The number of nitrogens with zero attached hydrogens (tertiary/aromatic N) is 2. The molecule has 0 spiro atoms. The van der Waals surface area contributed by atoms with Gasteiger partial charge in [-0.05, 0) is 17.7 Å². The van der Waals surface area contributed by atoms with Gasteiger partial charge in [-0.1, -0.05) is 12.1 Å². The minimum atomic E-state index is -0.709. The van der Waals surface area contributed by atoms with Gasteiger partial charge in [-0.15, -0.1) is 0 Å². The SMILES string of the molecule is OC(Cc1ccc(F)cc1)c1cnccn1. The molecule has 1 heterocycles. The molecule has 16 heavy (non-hydrogen) atoms. The van der Waals surface area contributed by atoms with Crippen molar-refractivity contribution in [1.82, 2.24) is 9.97 Å². The number of hydrogen-bond acceptors (Lipinski definition) is 3. The van der Waals surface area contributed by atoms with Gasteiger partial charge in [0.05, 0.1) is 11.9 Å². The summed E-state index contributed by atoms with van der Waals surface area (Å²) in [6, 6.07) is 6.04. The predicted octanol–water partition coefficient (Wildman–Crippen LogP) is 1.89. The van der Waals surface area contributed by atoms with Crippen molar-refractivity contribution in [3.63, 3.8) is 0 Å². The number of aliphatic hydroxyl groups excluding tert-OH is 1.